The topological polar surface area (TPSA) is 26.3 Å². The van der Waals surface area contributed by atoms with Crippen LogP contribution in [-0.4, -0.2) is 6.29 Å². The van der Waals surface area contributed by atoms with Crippen LogP contribution in [0.2, 0.25) is 0 Å². The zero-order valence-electron chi connectivity index (χ0n) is 9.30. The van der Waals surface area contributed by atoms with Crippen molar-refractivity contribution in [3.63, 3.8) is 0 Å². The average Bonchev–Trinajstić information content (AvgIpc) is 2.82. The van der Waals surface area contributed by atoms with Crippen molar-refractivity contribution in [3.05, 3.63) is 65.2 Å². The van der Waals surface area contributed by atoms with Crippen molar-refractivity contribution in [2.45, 2.75) is 12.5 Å². The largest absolute Gasteiger partial charge is 0.485 e. The lowest BCUT2D eigenvalue weighted by molar-refractivity contribution is 0.112. The molecule has 0 N–H and O–H groups in total. The fourth-order valence-corrected chi connectivity index (χ4v) is 2.20. The van der Waals surface area contributed by atoms with Gasteiger partial charge in [-0.3, -0.25) is 4.79 Å². The summed E-state index contributed by atoms with van der Waals surface area (Å²) in [6, 6.07) is 15.7. The Morgan fingerprint density at radius 1 is 1.12 bits per heavy atom. The molecule has 0 amide bonds. The van der Waals surface area contributed by atoms with Gasteiger partial charge in [0.05, 0.1) is 0 Å². The molecule has 1 heterocycles. The van der Waals surface area contributed by atoms with E-state index < -0.39 is 0 Å². The van der Waals surface area contributed by atoms with Crippen molar-refractivity contribution in [3.8, 4) is 5.75 Å². The molecule has 1 atom stereocenters. The maximum Gasteiger partial charge on any atom is 0.150 e. The molecule has 1 aliphatic heterocycles. The Labute approximate surface area is 99.9 Å². The first-order valence-electron chi connectivity index (χ1n) is 5.66. The van der Waals surface area contributed by atoms with E-state index >= 15 is 0 Å². The third-order valence-corrected chi connectivity index (χ3v) is 3.07. The molecule has 0 bridgehead atoms. The molecule has 0 radical (unpaired) electrons. The number of rotatable bonds is 2. The van der Waals surface area contributed by atoms with Gasteiger partial charge in [0.15, 0.2) is 0 Å². The van der Waals surface area contributed by atoms with E-state index in [0.717, 1.165) is 24.0 Å². The summed E-state index contributed by atoms with van der Waals surface area (Å²) >= 11 is 0. The van der Waals surface area contributed by atoms with Crippen LogP contribution >= 0.6 is 0 Å². The summed E-state index contributed by atoms with van der Waals surface area (Å²) in [6.45, 7) is 0. The summed E-state index contributed by atoms with van der Waals surface area (Å²) in [7, 11) is 0. The van der Waals surface area contributed by atoms with E-state index in [1.807, 2.05) is 30.3 Å². The molecule has 0 saturated heterocycles. The molecular weight excluding hydrogens is 212 g/mol. The zero-order valence-corrected chi connectivity index (χ0v) is 9.30. The number of ether oxygens (including phenoxy) is 1. The second kappa shape index (κ2) is 4.06. The molecule has 2 nitrogen and oxygen atoms in total. The molecule has 0 fully saturated rings. The molecule has 1 unspecified atom stereocenters. The predicted octanol–water partition coefficient (Wildman–Crippen LogP) is 3.18. The van der Waals surface area contributed by atoms with E-state index in [0.29, 0.717) is 5.56 Å². The Bertz CT molecular complexity index is 546. The molecule has 2 aromatic rings. The number of aldehydes is 1. The highest BCUT2D eigenvalue weighted by atomic mass is 16.5. The average molecular weight is 224 g/mol. The van der Waals surface area contributed by atoms with Crippen molar-refractivity contribution in [1.82, 2.24) is 0 Å². The van der Waals surface area contributed by atoms with Crippen LogP contribution in [0.4, 0.5) is 0 Å². The molecule has 1 aliphatic rings. The Hall–Kier alpha value is -2.09. The van der Waals surface area contributed by atoms with Gasteiger partial charge in [0.1, 0.15) is 18.1 Å². The molecule has 0 aromatic heterocycles. The van der Waals surface area contributed by atoms with E-state index in [-0.39, 0.29) is 6.10 Å². The first kappa shape index (κ1) is 10.1. The van der Waals surface area contributed by atoms with Crippen LogP contribution in [0, 0.1) is 0 Å². The van der Waals surface area contributed by atoms with Crippen molar-refractivity contribution >= 4 is 6.29 Å². The van der Waals surface area contributed by atoms with Gasteiger partial charge >= 0.3 is 0 Å². The van der Waals surface area contributed by atoms with E-state index in [9.17, 15) is 4.79 Å². The third kappa shape index (κ3) is 1.82. The van der Waals surface area contributed by atoms with Crippen molar-refractivity contribution < 1.29 is 9.53 Å². The quantitative estimate of drug-likeness (QED) is 0.732. The molecule has 84 valence electrons. The van der Waals surface area contributed by atoms with Crippen LogP contribution in [0.25, 0.3) is 0 Å². The Balaban J connectivity index is 1.90. The van der Waals surface area contributed by atoms with Crippen LogP contribution < -0.4 is 4.74 Å². The minimum absolute atomic E-state index is 0.0769. The smallest absolute Gasteiger partial charge is 0.150 e. The number of fused-ring (bicyclic) bond motifs is 1. The highest BCUT2D eigenvalue weighted by Crippen LogP contribution is 2.36. The number of benzene rings is 2. The minimum Gasteiger partial charge on any atom is -0.485 e. The SMILES string of the molecule is O=Cc1ccc2c(c1)CC(c1ccccc1)O2. The lowest BCUT2D eigenvalue weighted by Crippen LogP contribution is -2.02. The number of carbonyl (C=O) groups excluding carboxylic acids is 1. The highest BCUT2D eigenvalue weighted by molar-refractivity contribution is 5.75. The minimum atomic E-state index is 0.0769. The van der Waals surface area contributed by atoms with Crippen LogP contribution in [-0.2, 0) is 6.42 Å². The van der Waals surface area contributed by atoms with E-state index in [1.54, 1.807) is 6.07 Å². The number of hydrogen-bond acceptors (Lipinski definition) is 2. The van der Waals surface area contributed by atoms with Gasteiger partial charge < -0.3 is 4.74 Å². The summed E-state index contributed by atoms with van der Waals surface area (Å²) < 4.78 is 5.88. The van der Waals surface area contributed by atoms with Gasteiger partial charge in [-0.25, -0.2) is 0 Å². The van der Waals surface area contributed by atoms with Gasteiger partial charge in [0.2, 0.25) is 0 Å². The lowest BCUT2D eigenvalue weighted by atomic mass is 10.0. The molecule has 2 heteroatoms. The third-order valence-electron chi connectivity index (χ3n) is 3.07. The maximum absolute atomic E-state index is 10.7. The van der Waals surface area contributed by atoms with Crippen LogP contribution in [0.3, 0.4) is 0 Å². The number of hydrogen-bond donors (Lipinski definition) is 0. The van der Waals surface area contributed by atoms with Gasteiger partial charge in [0.25, 0.3) is 0 Å². The van der Waals surface area contributed by atoms with Crippen LogP contribution in [0.15, 0.2) is 48.5 Å². The monoisotopic (exact) mass is 224 g/mol. The van der Waals surface area contributed by atoms with Crippen molar-refractivity contribution in [2.24, 2.45) is 0 Å². The molecule has 3 rings (SSSR count). The molecule has 0 saturated carbocycles. The van der Waals surface area contributed by atoms with Crippen LogP contribution in [0.5, 0.6) is 5.75 Å². The first-order valence-corrected chi connectivity index (χ1v) is 5.66. The molecule has 0 aliphatic carbocycles. The van der Waals surface area contributed by atoms with Crippen molar-refractivity contribution in [2.75, 3.05) is 0 Å². The van der Waals surface area contributed by atoms with Crippen molar-refractivity contribution in [1.29, 1.82) is 0 Å². The van der Waals surface area contributed by atoms with Gasteiger partial charge in [-0.05, 0) is 29.3 Å². The molecule has 2 aromatic carbocycles. The Morgan fingerprint density at radius 3 is 2.71 bits per heavy atom. The van der Waals surface area contributed by atoms with E-state index in [4.69, 9.17) is 4.74 Å². The fourth-order valence-electron chi connectivity index (χ4n) is 2.20. The maximum atomic E-state index is 10.7. The second-order valence-corrected chi connectivity index (χ2v) is 4.21. The molecule has 17 heavy (non-hydrogen) atoms. The number of carbonyl (C=O) groups is 1. The standard InChI is InChI=1S/C15H12O2/c16-10-11-6-7-14-13(8-11)9-15(17-14)12-4-2-1-3-5-12/h1-8,10,15H,9H2. The first-order chi connectivity index (χ1) is 8.36. The summed E-state index contributed by atoms with van der Waals surface area (Å²) in [5.41, 5.74) is 3.00. The Kier molecular flexibility index (Phi) is 2.41. The summed E-state index contributed by atoms with van der Waals surface area (Å²) in [5.74, 6) is 0.893. The van der Waals surface area contributed by atoms with Gasteiger partial charge in [-0.15, -0.1) is 0 Å². The van der Waals surface area contributed by atoms with E-state index in [1.165, 1.54) is 5.56 Å². The zero-order chi connectivity index (χ0) is 11.7. The summed E-state index contributed by atoms with van der Waals surface area (Å²) in [5, 5.41) is 0. The molecular formula is C15H12O2. The lowest BCUT2D eigenvalue weighted by Gasteiger charge is -2.10. The fraction of sp³-hybridized carbons (Fsp3) is 0.133. The van der Waals surface area contributed by atoms with Crippen LogP contribution in [0.1, 0.15) is 27.6 Å². The highest BCUT2D eigenvalue weighted by Gasteiger charge is 2.24. The van der Waals surface area contributed by atoms with Gasteiger partial charge in [-0.2, -0.15) is 0 Å². The second-order valence-electron chi connectivity index (χ2n) is 4.21. The molecule has 0 spiro atoms. The summed E-state index contributed by atoms with van der Waals surface area (Å²) in [6.07, 6.45) is 1.78. The predicted molar refractivity (Wildman–Crippen MR) is 65.3 cm³/mol. The van der Waals surface area contributed by atoms with E-state index in [2.05, 4.69) is 12.1 Å². The Morgan fingerprint density at radius 2 is 1.94 bits per heavy atom. The summed E-state index contributed by atoms with van der Waals surface area (Å²) in [4.78, 5) is 10.7. The van der Waals surface area contributed by atoms with Gasteiger partial charge in [0, 0.05) is 12.0 Å². The normalized spacial score (nSPS) is 17.3. The van der Waals surface area contributed by atoms with Gasteiger partial charge in [-0.1, -0.05) is 30.3 Å².